The van der Waals surface area contributed by atoms with Crippen LogP contribution in [0, 0.1) is 5.82 Å². The number of nitrogens with two attached hydrogens (primary N) is 1. The molecule has 2 heterocycles. The van der Waals surface area contributed by atoms with E-state index in [2.05, 4.69) is 10.1 Å². The quantitative estimate of drug-likeness (QED) is 0.472. The molecule has 0 fully saturated rings. The lowest BCUT2D eigenvalue weighted by molar-refractivity contribution is -0.141. The van der Waals surface area contributed by atoms with Crippen molar-refractivity contribution in [2.24, 2.45) is 5.14 Å². The molecule has 2 aromatic heterocycles. The van der Waals surface area contributed by atoms with E-state index in [1.54, 1.807) is 24.3 Å². The fourth-order valence-corrected chi connectivity index (χ4v) is 3.53. The molecule has 31 heavy (non-hydrogen) atoms. The Balaban J connectivity index is 1.84. The Labute approximate surface area is 172 Å². The number of hydrogen-bond acceptors (Lipinski definition) is 5. The molecule has 12 heteroatoms. The minimum Gasteiger partial charge on any atom is -0.451 e. The van der Waals surface area contributed by atoms with Crippen LogP contribution in [0.2, 0.25) is 0 Å². The summed E-state index contributed by atoms with van der Waals surface area (Å²) in [4.78, 5) is 3.21. The number of hydrogen-bond donors (Lipinski definition) is 1. The highest BCUT2D eigenvalue weighted by atomic mass is 32.2. The Kier molecular flexibility index (Phi) is 4.90. The molecule has 7 nitrogen and oxygen atoms in total. The molecular formula is C19H12F4N4O3S. The van der Waals surface area contributed by atoms with Crippen molar-refractivity contribution >= 4 is 10.0 Å². The molecule has 0 amide bonds. The minimum atomic E-state index is -4.75. The smallest absolute Gasteiger partial charge is 0.435 e. The molecule has 0 saturated carbocycles. The summed E-state index contributed by atoms with van der Waals surface area (Å²) in [6.07, 6.45) is -2.09. The topological polar surface area (TPSA) is 104 Å². The summed E-state index contributed by atoms with van der Waals surface area (Å²) < 4.78 is 82.8. The lowest BCUT2D eigenvalue weighted by Crippen LogP contribution is -2.14. The van der Waals surface area contributed by atoms with Gasteiger partial charge in [0.2, 0.25) is 10.0 Å². The lowest BCUT2D eigenvalue weighted by atomic mass is 10.1. The molecule has 0 aliphatic carbocycles. The number of rotatable bonds is 4. The maximum Gasteiger partial charge on any atom is 0.435 e. The Bertz CT molecular complexity index is 1350. The van der Waals surface area contributed by atoms with Crippen molar-refractivity contribution in [1.29, 1.82) is 0 Å². The van der Waals surface area contributed by atoms with Crippen molar-refractivity contribution in [3.8, 4) is 28.2 Å². The van der Waals surface area contributed by atoms with Gasteiger partial charge in [-0.15, -0.1) is 0 Å². The van der Waals surface area contributed by atoms with Gasteiger partial charge in [-0.2, -0.15) is 18.3 Å². The molecule has 2 aromatic carbocycles. The van der Waals surface area contributed by atoms with Crippen LogP contribution in [-0.2, 0) is 16.2 Å². The fraction of sp³-hybridized carbons (Fsp3) is 0.0526. The van der Waals surface area contributed by atoms with Gasteiger partial charge in [-0.25, -0.2) is 27.6 Å². The average Bonchev–Trinajstić information content (AvgIpc) is 3.37. The van der Waals surface area contributed by atoms with E-state index in [0.29, 0.717) is 16.8 Å². The fourth-order valence-electron chi connectivity index (χ4n) is 2.94. The number of aromatic nitrogens is 3. The first-order valence-corrected chi connectivity index (χ1v) is 10.1. The lowest BCUT2D eigenvalue weighted by Gasteiger charge is -2.10. The number of nitrogens with zero attached hydrogens (tertiary/aromatic N) is 3. The number of oxazole rings is 1. The molecule has 0 aliphatic heterocycles. The summed E-state index contributed by atoms with van der Waals surface area (Å²) in [5, 5.41) is 8.48. The first kappa shape index (κ1) is 20.8. The van der Waals surface area contributed by atoms with Gasteiger partial charge in [-0.3, -0.25) is 0 Å². The second-order valence-corrected chi connectivity index (χ2v) is 7.96. The van der Waals surface area contributed by atoms with E-state index in [0.717, 1.165) is 28.9 Å². The Morgan fingerprint density at radius 2 is 1.68 bits per heavy atom. The van der Waals surface area contributed by atoms with Gasteiger partial charge in [0.1, 0.15) is 22.7 Å². The molecule has 0 radical (unpaired) electrons. The highest BCUT2D eigenvalue weighted by Crippen LogP contribution is 2.34. The number of alkyl halides is 3. The molecule has 0 atom stereocenters. The van der Waals surface area contributed by atoms with Crippen molar-refractivity contribution < 1.29 is 30.4 Å². The van der Waals surface area contributed by atoms with Crippen LogP contribution in [0.25, 0.3) is 28.2 Å². The molecule has 0 bridgehead atoms. The van der Waals surface area contributed by atoms with Crippen LogP contribution >= 0.6 is 0 Å². The zero-order chi connectivity index (χ0) is 22.4. The molecule has 0 unspecified atom stereocenters. The Hall–Kier alpha value is -3.51. The maximum absolute atomic E-state index is 14.3. The SMILES string of the molecule is NS(=O)(=O)c1ccc(-n2nc(C(F)(F)F)cc2-c2ccc(-c3cocn3)cc2)cc1F. The summed E-state index contributed by atoms with van der Waals surface area (Å²) in [6.45, 7) is 0. The van der Waals surface area contributed by atoms with E-state index < -0.39 is 32.6 Å². The van der Waals surface area contributed by atoms with Gasteiger partial charge < -0.3 is 4.42 Å². The Morgan fingerprint density at radius 1 is 1.00 bits per heavy atom. The van der Waals surface area contributed by atoms with Crippen molar-refractivity contribution in [2.45, 2.75) is 11.1 Å². The summed E-state index contributed by atoms with van der Waals surface area (Å²) in [5.41, 5.74) is 0.266. The highest BCUT2D eigenvalue weighted by molar-refractivity contribution is 7.89. The first-order chi connectivity index (χ1) is 14.5. The third-order valence-corrected chi connectivity index (χ3v) is 5.32. The van der Waals surface area contributed by atoms with Gasteiger partial charge in [-0.05, 0) is 18.2 Å². The third-order valence-electron chi connectivity index (χ3n) is 4.38. The number of halogens is 4. The van der Waals surface area contributed by atoms with Crippen molar-refractivity contribution in [3.05, 3.63) is 72.7 Å². The van der Waals surface area contributed by atoms with Gasteiger partial charge in [0.05, 0.1) is 11.4 Å². The van der Waals surface area contributed by atoms with Crippen LogP contribution in [0.4, 0.5) is 17.6 Å². The predicted molar refractivity (Wildman–Crippen MR) is 101 cm³/mol. The van der Waals surface area contributed by atoms with E-state index in [1.807, 2.05) is 0 Å². The van der Waals surface area contributed by atoms with Gasteiger partial charge in [-0.1, -0.05) is 24.3 Å². The highest BCUT2D eigenvalue weighted by Gasteiger charge is 2.35. The van der Waals surface area contributed by atoms with Crippen LogP contribution in [0.1, 0.15) is 5.69 Å². The summed E-state index contributed by atoms with van der Waals surface area (Å²) in [7, 11) is -4.34. The van der Waals surface area contributed by atoms with Crippen molar-refractivity contribution in [2.75, 3.05) is 0 Å². The van der Waals surface area contributed by atoms with E-state index in [1.165, 1.54) is 12.7 Å². The van der Waals surface area contributed by atoms with Crippen LogP contribution in [0.3, 0.4) is 0 Å². The summed E-state index contributed by atoms with van der Waals surface area (Å²) in [6, 6.07) is 9.90. The van der Waals surface area contributed by atoms with Crippen LogP contribution in [0.15, 0.2) is 70.5 Å². The van der Waals surface area contributed by atoms with Gasteiger partial charge in [0, 0.05) is 17.2 Å². The third kappa shape index (κ3) is 4.07. The molecule has 0 aliphatic rings. The number of benzene rings is 2. The van der Waals surface area contributed by atoms with Gasteiger partial charge in [0.25, 0.3) is 0 Å². The van der Waals surface area contributed by atoms with Crippen molar-refractivity contribution in [3.63, 3.8) is 0 Å². The number of sulfonamides is 1. The monoisotopic (exact) mass is 452 g/mol. The molecule has 160 valence electrons. The zero-order valence-electron chi connectivity index (χ0n) is 15.3. The van der Waals surface area contributed by atoms with Crippen LogP contribution in [0.5, 0.6) is 0 Å². The van der Waals surface area contributed by atoms with Gasteiger partial charge >= 0.3 is 6.18 Å². The molecule has 0 spiro atoms. The average molecular weight is 452 g/mol. The summed E-state index contributed by atoms with van der Waals surface area (Å²) in [5.74, 6) is -1.21. The molecule has 0 saturated heterocycles. The summed E-state index contributed by atoms with van der Waals surface area (Å²) >= 11 is 0. The van der Waals surface area contributed by atoms with Crippen LogP contribution in [-0.4, -0.2) is 23.2 Å². The second kappa shape index (κ2) is 7.32. The standard InChI is InChI=1S/C19H12F4N4O3S/c20-14-7-13(5-6-17(14)31(24,28)29)27-16(8-18(26-27)19(21,22)23)12-3-1-11(2-4-12)15-9-30-10-25-15/h1-10H,(H2,24,28,29). The predicted octanol–water partition coefficient (Wildman–Crippen LogP) is 4.00. The molecule has 2 N–H and O–H groups in total. The Morgan fingerprint density at radius 3 is 2.23 bits per heavy atom. The van der Waals surface area contributed by atoms with E-state index >= 15 is 0 Å². The molecular weight excluding hydrogens is 440 g/mol. The maximum atomic E-state index is 14.3. The van der Waals surface area contributed by atoms with E-state index in [-0.39, 0.29) is 11.4 Å². The normalized spacial score (nSPS) is 12.3. The van der Waals surface area contributed by atoms with Crippen molar-refractivity contribution in [1.82, 2.24) is 14.8 Å². The minimum absolute atomic E-state index is 0.0155. The molecule has 4 rings (SSSR count). The molecule has 4 aromatic rings. The second-order valence-electron chi connectivity index (χ2n) is 6.44. The largest absolute Gasteiger partial charge is 0.451 e. The van der Waals surface area contributed by atoms with Gasteiger partial charge in [0.15, 0.2) is 12.1 Å². The van der Waals surface area contributed by atoms with E-state index in [4.69, 9.17) is 9.56 Å². The number of primary sulfonamides is 1. The first-order valence-electron chi connectivity index (χ1n) is 8.53. The zero-order valence-corrected chi connectivity index (χ0v) is 16.2. The van der Waals surface area contributed by atoms with Crippen LogP contribution < -0.4 is 5.14 Å². The van der Waals surface area contributed by atoms with E-state index in [9.17, 15) is 26.0 Å².